The predicted octanol–water partition coefficient (Wildman–Crippen LogP) is 4.10. The fourth-order valence-corrected chi connectivity index (χ4v) is 4.54. The molecule has 2 aliphatic rings. The summed E-state index contributed by atoms with van der Waals surface area (Å²) in [6, 6.07) is 7.02. The molecule has 5 nitrogen and oxygen atoms in total. The Balaban J connectivity index is 1.65. The smallest absolute Gasteiger partial charge is 0.334 e. The number of hydrogen-bond acceptors (Lipinski definition) is 3. The van der Waals surface area contributed by atoms with Crippen LogP contribution in [0.5, 0.6) is 0 Å². The minimum absolute atomic E-state index is 0.209. The molecule has 1 spiro atoms. The van der Waals surface area contributed by atoms with Crippen LogP contribution in [0.1, 0.15) is 29.5 Å². The lowest BCUT2D eigenvalue weighted by atomic mass is 9.73. The van der Waals surface area contributed by atoms with E-state index in [0.717, 1.165) is 11.6 Å². The topological polar surface area (TPSA) is 57.3 Å². The molecule has 154 valence electrons. The number of benzene rings is 1. The molecule has 3 heterocycles. The van der Waals surface area contributed by atoms with Crippen LogP contribution < -0.4 is 15.5 Å². The van der Waals surface area contributed by atoms with E-state index < -0.39 is 23.2 Å². The average Bonchev–Trinajstić information content (AvgIpc) is 3.00. The van der Waals surface area contributed by atoms with Crippen molar-refractivity contribution >= 4 is 23.3 Å². The molecule has 0 radical (unpaired) electrons. The van der Waals surface area contributed by atoms with Crippen LogP contribution in [-0.4, -0.2) is 30.6 Å². The van der Waals surface area contributed by atoms with Crippen molar-refractivity contribution < 1.29 is 18.0 Å². The summed E-state index contributed by atoms with van der Waals surface area (Å²) in [5.74, 6) is 0. The monoisotopic (exact) mass is 424 g/mol. The van der Waals surface area contributed by atoms with Crippen molar-refractivity contribution in [2.75, 3.05) is 24.5 Å². The first-order chi connectivity index (χ1) is 13.8. The second kappa shape index (κ2) is 7.50. The van der Waals surface area contributed by atoms with Gasteiger partial charge in [-0.15, -0.1) is 0 Å². The minimum atomic E-state index is -4.47. The van der Waals surface area contributed by atoms with Crippen molar-refractivity contribution in [1.29, 1.82) is 0 Å². The van der Waals surface area contributed by atoms with Crippen LogP contribution in [0.3, 0.4) is 0 Å². The number of pyridine rings is 1. The van der Waals surface area contributed by atoms with Crippen molar-refractivity contribution in [3.05, 3.63) is 58.4 Å². The van der Waals surface area contributed by atoms with E-state index in [-0.39, 0.29) is 18.7 Å². The molecule has 0 bridgehead atoms. The molecule has 1 saturated heterocycles. The Morgan fingerprint density at radius 2 is 2.03 bits per heavy atom. The summed E-state index contributed by atoms with van der Waals surface area (Å²) in [6.45, 7) is 1.69. The Kier molecular flexibility index (Phi) is 5.16. The van der Waals surface area contributed by atoms with Crippen molar-refractivity contribution in [2.45, 2.75) is 31.0 Å². The van der Waals surface area contributed by atoms with Gasteiger partial charge in [-0.1, -0.05) is 17.7 Å². The number of carbonyl (C=O) groups excluding carboxylic acids is 1. The van der Waals surface area contributed by atoms with E-state index in [1.54, 1.807) is 18.2 Å². The van der Waals surface area contributed by atoms with E-state index in [2.05, 4.69) is 15.6 Å². The van der Waals surface area contributed by atoms with Crippen LogP contribution >= 0.6 is 11.6 Å². The maximum Gasteiger partial charge on any atom is 0.416 e. The van der Waals surface area contributed by atoms with Crippen LogP contribution in [0, 0.1) is 0 Å². The highest BCUT2D eigenvalue weighted by atomic mass is 35.5. The largest absolute Gasteiger partial charge is 0.416 e. The molecular formula is C20H20ClF3N4O. The van der Waals surface area contributed by atoms with Crippen LogP contribution in [-0.2, 0) is 18.1 Å². The number of fused-ring (bicyclic) bond motifs is 2. The summed E-state index contributed by atoms with van der Waals surface area (Å²) in [6.07, 6.45) is -1.83. The van der Waals surface area contributed by atoms with Gasteiger partial charge in [-0.3, -0.25) is 4.90 Å². The molecule has 1 aromatic heterocycles. The number of nitrogens with one attached hydrogen (secondary N) is 2. The summed E-state index contributed by atoms with van der Waals surface area (Å²) in [5.41, 5.74) is 0.0129. The zero-order valence-corrected chi connectivity index (χ0v) is 16.3. The van der Waals surface area contributed by atoms with Gasteiger partial charge in [-0.05, 0) is 61.3 Å². The van der Waals surface area contributed by atoms with Crippen molar-refractivity contribution in [2.24, 2.45) is 0 Å². The van der Waals surface area contributed by atoms with Gasteiger partial charge in [0.15, 0.2) is 0 Å². The number of urea groups is 1. The molecule has 29 heavy (non-hydrogen) atoms. The molecule has 4 rings (SSSR count). The number of carbonyl (C=O) groups is 1. The second-order valence-corrected chi connectivity index (χ2v) is 7.85. The third-order valence-corrected chi connectivity index (χ3v) is 5.88. The van der Waals surface area contributed by atoms with Gasteiger partial charge < -0.3 is 10.6 Å². The van der Waals surface area contributed by atoms with Crippen LogP contribution in [0.25, 0.3) is 0 Å². The molecule has 2 aliphatic heterocycles. The SMILES string of the molecule is O=C(NCc1ccnc(Cl)c1)N1CC2(CCNCC2)c2c1cccc2C(F)(F)F. The lowest BCUT2D eigenvalue weighted by Gasteiger charge is -2.35. The summed E-state index contributed by atoms with van der Waals surface area (Å²) in [7, 11) is 0. The van der Waals surface area contributed by atoms with E-state index in [1.807, 2.05) is 0 Å². The fourth-order valence-electron chi connectivity index (χ4n) is 4.35. The molecule has 0 aliphatic carbocycles. The summed E-state index contributed by atoms with van der Waals surface area (Å²) in [4.78, 5) is 18.3. The molecule has 1 fully saturated rings. The lowest BCUT2D eigenvalue weighted by molar-refractivity contribution is -0.138. The molecule has 0 saturated carbocycles. The first kappa shape index (κ1) is 20.0. The molecule has 2 aromatic rings. The molecular weight excluding hydrogens is 405 g/mol. The van der Waals surface area contributed by atoms with E-state index in [0.29, 0.717) is 36.8 Å². The number of alkyl halides is 3. The fraction of sp³-hybridized carbons (Fsp3) is 0.400. The minimum Gasteiger partial charge on any atom is -0.334 e. The van der Waals surface area contributed by atoms with Gasteiger partial charge in [0.1, 0.15) is 5.15 Å². The predicted molar refractivity (Wildman–Crippen MR) is 104 cm³/mol. The number of amides is 2. The van der Waals surface area contributed by atoms with Crippen molar-refractivity contribution in [1.82, 2.24) is 15.6 Å². The number of hydrogen-bond donors (Lipinski definition) is 2. The van der Waals surface area contributed by atoms with E-state index in [1.165, 1.54) is 17.2 Å². The van der Waals surface area contributed by atoms with Gasteiger partial charge in [-0.25, -0.2) is 9.78 Å². The average molecular weight is 425 g/mol. The first-order valence-corrected chi connectivity index (χ1v) is 9.75. The normalized spacial score (nSPS) is 18.0. The second-order valence-electron chi connectivity index (χ2n) is 7.46. The van der Waals surface area contributed by atoms with Gasteiger partial charge in [0, 0.05) is 30.4 Å². The Morgan fingerprint density at radius 1 is 1.28 bits per heavy atom. The Morgan fingerprint density at radius 3 is 2.72 bits per heavy atom. The van der Waals surface area contributed by atoms with Gasteiger partial charge >= 0.3 is 12.2 Å². The quantitative estimate of drug-likeness (QED) is 0.713. The van der Waals surface area contributed by atoms with Crippen molar-refractivity contribution in [3.63, 3.8) is 0 Å². The first-order valence-electron chi connectivity index (χ1n) is 9.37. The van der Waals surface area contributed by atoms with Gasteiger partial charge in [0.25, 0.3) is 0 Å². The Labute approximate surface area is 171 Å². The lowest BCUT2D eigenvalue weighted by Crippen LogP contribution is -2.46. The summed E-state index contributed by atoms with van der Waals surface area (Å²) >= 11 is 5.87. The van der Waals surface area contributed by atoms with Crippen LogP contribution in [0.15, 0.2) is 36.5 Å². The number of anilines is 1. The van der Waals surface area contributed by atoms with E-state index >= 15 is 0 Å². The molecule has 1 aromatic carbocycles. The third kappa shape index (κ3) is 3.79. The maximum absolute atomic E-state index is 13.8. The number of piperidine rings is 1. The van der Waals surface area contributed by atoms with E-state index in [9.17, 15) is 18.0 Å². The highest BCUT2D eigenvalue weighted by Gasteiger charge is 2.50. The van der Waals surface area contributed by atoms with E-state index in [4.69, 9.17) is 11.6 Å². The Hall–Kier alpha value is -2.32. The highest BCUT2D eigenvalue weighted by Crippen LogP contribution is 2.51. The molecule has 9 heteroatoms. The maximum atomic E-state index is 13.8. The zero-order chi connectivity index (χ0) is 20.6. The number of aromatic nitrogens is 1. The van der Waals surface area contributed by atoms with Crippen molar-refractivity contribution in [3.8, 4) is 0 Å². The summed E-state index contributed by atoms with van der Waals surface area (Å²) < 4.78 is 41.3. The molecule has 0 atom stereocenters. The number of rotatable bonds is 2. The van der Waals surface area contributed by atoms with Crippen LogP contribution in [0.4, 0.5) is 23.7 Å². The highest BCUT2D eigenvalue weighted by molar-refractivity contribution is 6.29. The van der Waals surface area contributed by atoms with Crippen LogP contribution in [0.2, 0.25) is 5.15 Å². The molecule has 2 N–H and O–H groups in total. The number of halogens is 4. The number of nitrogens with zero attached hydrogens (tertiary/aromatic N) is 2. The van der Waals surface area contributed by atoms with Gasteiger partial charge in [0.2, 0.25) is 0 Å². The summed E-state index contributed by atoms with van der Waals surface area (Å²) in [5, 5.41) is 6.31. The van der Waals surface area contributed by atoms with Gasteiger partial charge in [-0.2, -0.15) is 13.2 Å². The third-order valence-electron chi connectivity index (χ3n) is 5.67. The van der Waals surface area contributed by atoms with Gasteiger partial charge in [0.05, 0.1) is 5.56 Å². The standard InChI is InChI=1S/C20H20ClF3N4O/c21-16-10-13(4-7-26-16)11-27-18(29)28-12-19(5-8-25-9-6-19)17-14(20(22,23)24)2-1-3-15(17)28/h1-4,7,10,25H,5-6,8-9,11-12H2,(H,27,29). The molecule has 0 unspecified atom stereocenters. The molecule has 2 amide bonds. The Bertz CT molecular complexity index is 928. The zero-order valence-electron chi connectivity index (χ0n) is 15.5.